The van der Waals surface area contributed by atoms with Crippen molar-refractivity contribution in [3.05, 3.63) is 0 Å². The third-order valence-corrected chi connectivity index (χ3v) is 3.69. The fraction of sp³-hybridized carbons (Fsp3) is 0.929. The maximum atomic E-state index is 11.0. The SMILES string of the molecule is CC(C)CC(C)(CO)COC1OC(C(=O)O)[C@@H](O)[C@H](O)[C@@H]1O. The Kier molecular flexibility index (Phi) is 6.72. The predicted molar refractivity (Wildman–Crippen MR) is 74.9 cm³/mol. The van der Waals surface area contributed by atoms with Crippen LogP contribution in [0.15, 0.2) is 0 Å². The van der Waals surface area contributed by atoms with E-state index < -0.39 is 42.1 Å². The van der Waals surface area contributed by atoms with Crippen LogP contribution in [0.4, 0.5) is 0 Å². The Morgan fingerprint density at radius 2 is 1.82 bits per heavy atom. The number of aliphatic hydroxyl groups is 4. The maximum Gasteiger partial charge on any atom is 0.335 e. The van der Waals surface area contributed by atoms with Crippen molar-refractivity contribution < 1.29 is 39.8 Å². The third-order valence-electron chi connectivity index (χ3n) is 3.69. The number of hydrogen-bond donors (Lipinski definition) is 5. The summed E-state index contributed by atoms with van der Waals surface area (Å²) in [5, 5.41) is 47.6. The first-order valence-electron chi connectivity index (χ1n) is 7.26. The molecule has 0 radical (unpaired) electrons. The first-order valence-corrected chi connectivity index (χ1v) is 7.26. The number of aliphatic carboxylic acids is 1. The summed E-state index contributed by atoms with van der Waals surface area (Å²) < 4.78 is 10.4. The molecule has 1 rings (SSSR count). The number of rotatable bonds is 7. The topological polar surface area (TPSA) is 137 Å². The molecule has 1 heterocycles. The molecule has 0 aromatic carbocycles. The standard InChI is InChI=1S/C14H26O8/c1-7(2)4-14(3,5-15)6-21-13-10(18)8(16)9(17)11(22-13)12(19)20/h7-11,13,15-18H,4-6H2,1-3H3,(H,19,20)/t8-,9-,10-,11?,13?,14?/m0/s1. The number of carboxylic acids is 1. The van der Waals surface area contributed by atoms with Gasteiger partial charge < -0.3 is 35.0 Å². The largest absolute Gasteiger partial charge is 0.479 e. The van der Waals surface area contributed by atoms with Gasteiger partial charge >= 0.3 is 5.97 Å². The van der Waals surface area contributed by atoms with Crippen molar-refractivity contribution in [1.82, 2.24) is 0 Å². The molecule has 6 atom stereocenters. The van der Waals surface area contributed by atoms with E-state index in [2.05, 4.69) is 0 Å². The molecule has 0 bridgehead atoms. The molecule has 22 heavy (non-hydrogen) atoms. The molecule has 5 N–H and O–H groups in total. The Hall–Kier alpha value is -0.770. The summed E-state index contributed by atoms with van der Waals surface area (Å²) in [5.41, 5.74) is -0.586. The number of carboxylic acid groups (broad SMARTS) is 1. The van der Waals surface area contributed by atoms with Gasteiger partial charge in [0.1, 0.15) is 18.3 Å². The Balaban J connectivity index is 2.72. The van der Waals surface area contributed by atoms with Gasteiger partial charge in [0, 0.05) is 5.41 Å². The second-order valence-electron chi connectivity index (χ2n) is 6.61. The van der Waals surface area contributed by atoms with Gasteiger partial charge in [-0.3, -0.25) is 0 Å². The van der Waals surface area contributed by atoms with E-state index in [0.717, 1.165) is 0 Å². The van der Waals surface area contributed by atoms with Gasteiger partial charge in [-0.25, -0.2) is 4.79 Å². The normalized spacial score (nSPS) is 35.4. The smallest absolute Gasteiger partial charge is 0.335 e. The summed E-state index contributed by atoms with van der Waals surface area (Å²) in [6, 6.07) is 0. The summed E-state index contributed by atoms with van der Waals surface area (Å²) in [7, 11) is 0. The summed E-state index contributed by atoms with van der Waals surface area (Å²) in [4.78, 5) is 11.0. The molecule has 1 aliphatic rings. The van der Waals surface area contributed by atoms with Gasteiger partial charge in [0.2, 0.25) is 0 Å². The van der Waals surface area contributed by atoms with Gasteiger partial charge in [-0.15, -0.1) is 0 Å². The minimum Gasteiger partial charge on any atom is -0.479 e. The molecular formula is C14H26O8. The monoisotopic (exact) mass is 322 g/mol. The highest BCUT2D eigenvalue weighted by atomic mass is 16.7. The van der Waals surface area contributed by atoms with Crippen molar-refractivity contribution in [2.75, 3.05) is 13.2 Å². The fourth-order valence-electron chi connectivity index (χ4n) is 2.63. The van der Waals surface area contributed by atoms with E-state index in [9.17, 15) is 25.2 Å². The molecule has 1 aliphatic heterocycles. The van der Waals surface area contributed by atoms with E-state index in [1.165, 1.54) is 0 Å². The van der Waals surface area contributed by atoms with Crippen LogP contribution in [-0.4, -0.2) is 75.4 Å². The van der Waals surface area contributed by atoms with Crippen molar-refractivity contribution >= 4 is 5.97 Å². The average molecular weight is 322 g/mol. The molecule has 1 saturated heterocycles. The van der Waals surface area contributed by atoms with Crippen LogP contribution in [0.25, 0.3) is 0 Å². The van der Waals surface area contributed by atoms with Crippen molar-refractivity contribution in [3.63, 3.8) is 0 Å². The number of hydrogen-bond acceptors (Lipinski definition) is 7. The molecule has 130 valence electrons. The zero-order chi connectivity index (χ0) is 17.1. The van der Waals surface area contributed by atoms with Crippen LogP contribution >= 0.6 is 0 Å². The quantitative estimate of drug-likeness (QED) is 0.400. The van der Waals surface area contributed by atoms with Crippen LogP contribution in [0.5, 0.6) is 0 Å². The highest BCUT2D eigenvalue weighted by Crippen LogP contribution is 2.29. The van der Waals surface area contributed by atoms with Crippen LogP contribution in [0, 0.1) is 11.3 Å². The second kappa shape index (κ2) is 7.67. The highest BCUT2D eigenvalue weighted by Gasteiger charge is 2.47. The molecule has 0 saturated carbocycles. The van der Waals surface area contributed by atoms with Crippen LogP contribution < -0.4 is 0 Å². The lowest BCUT2D eigenvalue weighted by molar-refractivity contribution is -0.299. The molecule has 0 aliphatic carbocycles. The molecular weight excluding hydrogens is 296 g/mol. The molecule has 3 unspecified atom stereocenters. The molecule has 0 amide bonds. The summed E-state index contributed by atoms with van der Waals surface area (Å²) in [5.74, 6) is -1.16. The number of aliphatic hydroxyl groups excluding tert-OH is 4. The van der Waals surface area contributed by atoms with Crippen LogP contribution in [0.2, 0.25) is 0 Å². The molecule has 1 fully saturated rings. The van der Waals surface area contributed by atoms with Crippen molar-refractivity contribution in [1.29, 1.82) is 0 Å². The van der Waals surface area contributed by atoms with E-state index in [4.69, 9.17) is 14.6 Å². The van der Waals surface area contributed by atoms with Gasteiger partial charge in [0.25, 0.3) is 0 Å². The summed E-state index contributed by atoms with van der Waals surface area (Å²) >= 11 is 0. The first kappa shape index (κ1) is 19.3. The zero-order valence-electron chi connectivity index (χ0n) is 13.0. The minimum absolute atomic E-state index is 0.0125. The number of carbonyl (C=O) groups is 1. The third kappa shape index (κ3) is 4.61. The van der Waals surface area contributed by atoms with Gasteiger partial charge in [-0.1, -0.05) is 20.8 Å². The van der Waals surface area contributed by atoms with Crippen molar-refractivity contribution in [2.24, 2.45) is 11.3 Å². The lowest BCUT2D eigenvalue weighted by Gasteiger charge is -2.40. The van der Waals surface area contributed by atoms with Gasteiger partial charge in [-0.05, 0) is 12.3 Å². The minimum atomic E-state index is -1.74. The lowest BCUT2D eigenvalue weighted by Crippen LogP contribution is -2.60. The van der Waals surface area contributed by atoms with Gasteiger partial charge in [0.15, 0.2) is 12.4 Å². The Morgan fingerprint density at radius 3 is 2.27 bits per heavy atom. The van der Waals surface area contributed by atoms with Gasteiger partial charge in [0.05, 0.1) is 13.2 Å². The van der Waals surface area contributed by atoms with Crippen molar-refractivity contribution in [2.45, 2.75) is 57.9 Å². The number of ether oxygens (including phenoxy) is 2. The zero-order valence-corrected chi connectivity index (χ0v) is 13.0. The van der Waals surface area contributed by atoms with E-state index in [1.807, 2.05) is 13.8 Å². The predicted octanol–water partition coefficient (Wildman–Crippen LogP) is -1.06. The van der Waals surface area contributed by atoms with Crippen LogP contribution in [-0.2, 0) is 14.3 Å². The van der Waals surface area contributed by atoms with E-state index in [0.29, 0.717) is 12.3 Å². The summed E-state index contributed by atoms with van der Waals surface area (Å²) in [6.45, 7) is 5.63. The van der Waals surface area contributed by atoms with Crippen molar-refractivity contribution in [3.8, 4) is 0 Å². The van der Waals surface area contributed by atoms with Crippen LogP contribution in [0.1, 0.15) is 27.2 Å². The van der Waals surface area contributed by atoms with E-state index >= 15 is 0 Å². The first-order chi connectivity index (χ1) is 10.1. The molecule has 8 nitrogen and oxygen atoms in total. The molecule has 0 spiro atoms. The second-order valence-corrected chi connectivity index (χ2v) is 6.61. The lowest BCUT2D eigenvalue weighted by atomic mass is 9.83. The van der Waals surface area contributed by atoms with Gasteiger partial charge in [-0.2, -0.15) is 0 Å². The fourth-order valence-corrected chi connectivity index (χ4v) is 2.63. The Morgan fingerprint density at radius 1 is 1.23 bits per heavy atom. The molecule has 0 aromatic heterocycles. The average Bonchev–Trinajstić information content (AvgIpc) is 2.43. The Labute approximate surface area is 129 Å². The van der Waals surface area contributed by atoms with E-state index in [1.54, 1.807) is 6.92 Å². The maximum absolute atomic E-state index is 11.0. The highest BCUT2D eigenvalue weighted by molar-refractivity contribution is 5.73. The summed E-state index contributed by atoms with van der Waals surface area (Å²) in [6.07, 6.45) is -7.43. The molecule has 0 aromatic rings. The molecule has 8 heteroatoms. The van der Waals surface area contributed by atoms with Crippen LogP contribution in [0.3, 0.4) is 0 Å². The van der Waals surface area contributed by atoms with E-state index in [-0.39, 0.29) is 13.2 Å². The Bertz CT molecular complexity index is 374.